The number of hydrogen-bond acceptors (Lipinski definition) is 7. The first-order valence-corrected chi connectivity index (χ1v) is 13.1. The fraction of sp³-hybridized carbons (Fsp3) is 0.0303. The molecule has 4 aliphatic rings. The van der Waals surface area contributed by atoms with Gasteiger partial charge in [0.05, 0.1) is 23.0 Å². The van der Waals surface area contributed by atoms with Crippen LogP contribution in [0, 0.1) is 0 Å². The van der Waals surface area contributed by atoms with Gasteiger partial charge in [0.25, 0.3) is 0 Å². The van der Waals surface area contributed by atoms with Crippen molar-refractivity contribution >= 4 is 40.5 Å². The Labute approximate surface area is 231 Å². The third-order valence-corrected chi connectivity index (χ3v) is 7.56. The van der Waals surface area contributed by atoms with Gasteiger partial charge in [-0.2, -0.15) is 9.98 Å². The van der Waals surface area contributed by atoms with Gasteiger partial charge in [0.2, 0.25) is 11.9 Å². The summed E-state index contributed by atoms with van der Waals surface area (Å²) in [6.07, 6.45) is 4.13. The predicted molar refractivity (Wildman–Crippen MR) is 162 cm³/mol. The number of amidine groups is 1. The van der Waals surface area contributed by atoms with Crippen LogP contribution in [0.2, 0.25) is 0 Å². The van der Waals surface area contributed by atoms with Crippen molar-refractivity contribution in [2.75, 3.05) is 11.5 Å². The number of nitrogens with two attached hydrogens (primary N) is 2. The first-order valence-electron chi connectivity index (χ1n) is 13.1. The molecule has 0 bridgehead atoms. The minimum atomic E-state index is -0.259. The third-order valence-electron chi connectivity index (χ3n) is 7.56. The van der Waals surface area contributed by atoms with E-state index in [-0.39, 0.29) is 5.92 Å². The molecule has 40 heavy (non-hydrogen) atoms. The van der Waals surface area contributed by atoms with E-state index < -0.39 is 0 Å². The molecule has 4 aromatic carbocycles. The van der Waals surface area contributed by atoms with Crippen molar-refractivity contribution in [3.63, 3.8) is 0 Å². The molecule has 4 N–H and O–H groups in total. The molecule has 7 nitrogen and oxygen atoms in total. The molecule has 0 fully saturated rings. The molecule has 190 valence electrons. The molecule has 0 radical (unpaired) electrons. The summed E-state index contributed by atoms with van der Waals surface area (Å²) in [5.74, 6) is 1.41. The maximum atomic E-state index is 6.27. The van der Waals surface area contributed by atoms with E-state index >= 15 is 0 Å². The van der Waals surface area contributed by atoms with Gasteiger partial charge in [-0.3, -0.25) is 0 Å². The second-order valence-electron chi connectivity index (χ2n) is 10.1. The fourth-order valence-corrected chi connectivity index (χ4v) is 5.75. The minimum Gasteiger partial charge on any atom is -0.399 e. The summed E-state index contributed by atoms with van der Waals surface area (Å²) in [5, 5.41) is 0. The number of fused-ring (bicyclic) bond motifs is 3. The molecule has 0 saturated heterocycles. The zero-order valence-electron chi connectivity index (χ0n) is 21.4. The molecule has 0 aromatic heterocycles. The van der Waals surface area contributed by atoms with E-state index in [9.17, 15) is 0 Å². The molecule has 0 amide bonds. The molecule has 3 aliphatic heterocycles. The van der Waals surface area contributed by atoms with E-state index in [2.05, 4.69) is 48.6 Å². The lowest BCUT2D eigenvalue weighted by atomic mass is 9.94. The molecule has 4 aromatic rings. The molecule has 3 heterocycles. The van der Waals surface area contributed by atoms with Crippen molar-refractivity contribution in [2.24, 2.45) is 20.0 Å². The van der Waals surface area contributed by atoms with Gasteiger partial charge in [-0.25, -0.2) is 14.9 Å². The highest BCUT2D eigenvalue weighted by Gasteiger charge is 2.38. The first kappa shape index (κ1) is 22.4. The Bertz CT molecular complexity index is 1820. The van der Waals surface area contributed by atoms with E-state index in [1.165, 1.54) is 0 Å². The lowest BCUT2D eigenvalue weighted by molar-refractivity contribution is 0.733. The van der Waals surface area contributed by atoms with Gasteiger partial charge in [0, 0.05) is 22.5 Å². The van der Waals surface area contributed by atoms with Gasteiger partial charge in [0.15, 0.2) is 0 Å². The number of aliphatic imine (C=N–C) groups is 4. The molecule has 0 atom stereocenters. The number of guanidine groups is 2. The molecular weight excluding hydrogens is 494 g/mol. The van der Waals surface area contributed by atoms with Crippen LogP contribution in [0.25, 0.3) is 16.8 Å². The highest BCUT2D eigenvalue weighted by Crippen LogP contribution is 2.48. The van der Waals surface area contributed by atoms with Gasteiger partial charge >= 0.3 is 0 Å². The number of anilines is 2. The molecule has 7 heteroatoms. The quantitative estimate of drug-likeness (QED) is 0.334. The summed E-state index contributed by atoms with van der Waals surface area (Å²) in [7, 11) is 0. The monoisotopic (exact) mass is 517 g/mol. The van der Waals surface area contributed by atoms with Crippen LogP contribution in [0.3, 0.4) is 0 Å². The van der Waals surface area contributed by atoms with Crippen molar-refractivity contribution in [1.29, 1.82) is 0 Å². The highest BCUT2D eigenvalue weighted by atomic mass is 15.4. The van der Waals surface area contributed by atoms with E-state index in [0.717, 1.165) is 50.5 Å². The standard InChI is InChI=1S/C33H23N7/c34-21-11-13-24-25-14-12-22(35)16-27(25)30(26(24)15-21)31-38-32-36-28(19-7-3-1-4-8-19)17-23-18-29(20-9-5-2-6-10-20)37-33(39-31)40(23)32/h1-18,30H,34-35H2. The van der Waals surface area contributed by atoms with Crippen LogP contribution >= 0.6 is 0 Å². The number of rotatable bonds is 3. The Morgan fingerprint density at radius 1 is 0.575 bits per heavy atom. The third kappa shape index (κ3) is 3.45. The molecular formula is C33H23N7. The fourth-order valence-electron chi connectivity index (χ4n) is 5.75. The number of allylic oxidation sites excluding steroid dienone is 2. The van der Waals surface area contributed by atoms with Gasteiger partial charge in [-0.15, -0.1) is 0 Å². The largest absolute Gasteiger partial charge is 0.399 e. The summed E-state index contributed by atoms with van der Waals surface area (Å²) in [6.45, 7) is 0. The van der Waals surface area contributed by atoms with Gasteiger partial charge in [-0.05, 0) is 58.7 Å². The van der Waals surface area contributed by atoms with E-state index in [0.29, 0.717) is 29.1 Å². The topological polar surface area (TPSA) is 105 Å². The maximum absolute atomic E-state index is 6.27. The van der Waals surface area contributed by atoms with Crippen LogP contribution in [0.5, 0.6) is 0 Å². The normalized spacial score (nSPS) is 16.9. The SMILES string of the molecule is Nc1ccc2c(c1)C(C1=NC3=NC(c4ccccc4)=CC4=CC(c5ccccc5)=NC(=N1)N43)c1cc(N)ccc1-2. The van der Waals surface area contributed by atoms with Crippen LogP contribution in [-0.2, 0) is 0 Å². The average Bonchev–Trinajstić information content (AvgIpc) is 3.30. The number of nitrogen functional groups attached to an aromatic ring is 2. The minimum absolute atomic E-state index is 0.259. The summed E-state index contributed by atoms with van der Waals surface area (Å²) >= 11 is 0. The Kier molecular flexibility index (Phi) is 4.75. The predicted octanol–water partition coefficient (Wildman–Crippen LogP) is 5.83. The highest BCUT2D eigenvalue weighted by molar-refractivity contribution is 6.25. The number of hydrogen-bond donors (Lipinski definition) is 2. The van der Waals surface area contributed by atoms with Crippen molar-refractivity contribution in [3.05, 3.63) is 137 Å². The second kappa shape index (κ2) is 8.47. The molecule has 0 unspecified atom stereocenters. The summed E-state index contributed by atoms with van der Waals surface area (Å²) in [4.78, 5) is 22.1. The lowest BCUT2D eigenvalue weighted by Gasteiger charge is -2.33. The summed E-state index contributed by atoms with van der Waals surface area (Å²) < 4.78 is 0. The van der Waals surface area contributed by atoms with Crippen molar-refractivity contribution in [1.82, 2.24) is 4.90 Å². The summed E-state index contributed by atoms with van der Waals surface area (Å²) in [6, 6.07) is 32.3. The molecule has 8 rings (SSSR count). The smallest absolute Gasteiger partial charge is 0.239 e. The van der Waals surface area contributed by atoms with E-state index in [4.69, 9.17) is 31.4 Å². The second-order valence-corrected chi connectivity index (χ2v) is 10.1. The van der Waals surface area contributed by atoms with Gasteiger partial charge in [-0.1, -0.05) is 72.8 Å². The van der Waals surface area contributed by atoms with Gasteiger partial charge in [0.1, 0.15) is 5.84 Å². The Balaban J connectivity index is 1.35. The number of nitrogens with zero attached hydrogens (tertiary/aromatic N) is 5. The van der Waals surface area contributed by atoms with Gasteiger partial charge < -0.3 is 11.5 Å². The maximum Gasteiger partial charge on any atom is 0.239 e. The lowest BCUT2D eigenvalue weighted by Crippen LogP contribution is -2.42. The van der Waals surface area contributed by atoms with Crippen LogP contribution in [0.1, 0.15) is 28.2 Å². The first-order chi connectivity index (χ1) is 19.6. The van der Waals surface area contributed by atoms with Crippen molar-refractivity contribution < 1.29 is 0 Å². The summed E-state index contributed by atoms with van der Waals surface area (Å²) in [5.41, 5.74) is 22.8. The zero-order chi connectivity index (χ0) is 26.8. The molecule has 0 spiro atoms. The molecule has 0 saturated carbocycles. The zero-order valence-corrected chi connectivity index (χ0v) is 21.4. The Morgan fingerprint density at radius 2 is 1.18 bits per heavy atom. The van der Waals surface area contributed by atoms with E-state index in [1.54, 1.807) is 0 Å². The Hall–Kier alpha value is -5.56. The van der Waals surface area contributed by atoms with Crippen LogP contribution in [0.4, 0.5) is 11.4 Å². The van der Waals surface area contributed by atoms with E-state index in [1.807, 2.05) is 65.6 Å². The van der Waals surface area contributed by atoms with Crippen molar-refractivity contribution in [2.45, 2.75) is 5.92 Å². The number of benzene rings is 4. The molecule has 1 aliphatic carbocycles. The Morgan fingerprint density at radius 3 is 1.82 bits per heavy atom. The van der Waals surface area contributed by atoms with Crippen molar-refractivity contribution in [3.8, 4) is 11.1 Å². The van der Waals surface area contributed by atoms with Crippen LogP contribution < -0.4 is 11.5 Å². The average molecular weight is 518 g/mol. The van der Waals surface area contributed by atoms with Crippen LogP contribution in [0.15, 0.2) is 135 Å². The van der Waals surface area contributed by atoms with Crippen LogP contribution in [-0.4, -0.2) is 28.4 Å².